The molecule has 0 aliphatic carbocycles. The highest BCUT2D eigenvalue weighted by molar-refractivity contribution is 9.10. The second-order valence-electron chi connectivity index (χ2n) is 4.60. The molecule has 4 heteroatoms. The Hall–Kier alpha value is -0.450. The van der Waals surface area contributed by atoms with E-state index in [1.54, 1.807) is 6.07 Å². The Morgan fingerprint density at radius 3 is 2.82 bits per heavy atom. The molecule has 0 fully saturated rings. The molecule has 0 saturated heterocycles. The minimum absolute atomic E-state index is 0.146. The van der Waals surface area contributed by atoms with Crippen LogP contribution in [0.15, 0.2) is 22.7 Å². The van der Waals surface area contributed by atoms with Gasteiger partial charge in [0.15, 0.2) is 0 Å². The number of rotatable bonds is 6. The first-order chi connectivity index (χ1) is 8.02. The molecule has 0 heterocycles. The Morgan fingerprint density at radius 1 is 1.47 bits per heavy atom. The van der Waals surface area contributed by atoms with Crippen molar-refractivity contribution in [1.29, 1.82) is 0 Å². The molecule has 0 saturated carbocycles. The third-order valence-electron chi connectivity index (χ3n) is 2.85. The molecular weight excluding hydrogens is 283 g/mol. The third-order valence-corrected chi connectivity index (χ3v) is 3.35. The molecule has 0 bridgehead atoms. The van der Waals surface area contributed by atoms with Gasteiger partial charge >= 0.3 is 0 Å². The van der Waals surface area contributed by atoms with Gasteiger partial charge in [-0.3, -0.25) is 0 Å². The van der Waals surface area contributed by atoms with Gasteiger partial charge in [0.05, 0.1) is 0 Å². The van der Waals surface area contributed by atoms with E-state index in [4.69, 9.17) is 5.73 Å². The van der Waals surface area contributed by atoms with E-state index in [1.165, 1.54) is 6.07 Å². The van der Waals surface area contributed by atoms with Crippen LogP contribution in [0.3, 0.4) is 0 Å². The van der Waals surface area contributed by atoms with Gasteiger partial charge in [-0.2, -0.15) is 0 Å². The zero-order valence-electron chi connectivity index (χ0n) is 10.4. The summed E-state index contributed by atoms with van der Waals surface area (Å²) in [7, 11) is 2.00. The van der Waals surface area contributed by atoms with E-state index in [0.717, 1.165) is 23.0 Å². The molecular formula is C13H20BrFN2. The fourth-order valence-corrected chi connectivity index (χ4v) is 2.00. The van der Waals surface area contributed by atoms with Crippen LogP contribution in [-0.4, -0.2) is 25.0 Å². The Kier molecular flexibility index (Phi) is 6.09. The normalized spacial score (nSPS) is 13.1. The lowest BCUT2D eigenvalue weighted by atomic mass is 10.1. The molecule has 2 nitrogen and oxygen atoms in total. The summed E-state index contributed by atoms with van der Waals surface area (Å²) in [5.74, 6) is 0.372. The first-order valence-corrected chi connectivity index (χ1v) is 6.64. The monoisotopic (exact) mass is 302 g/mol. The molecule has 0 aliphatic rings. The van der Waals surface area contributed by atoms with Gasteiger partial charge in [0.1, 0.15) is 5.82 Å². The van der Waals surface area contributed by atoms with Gasteiger partial charge in [-0.1, -0.05) is 22.9 Å². The molecule has 1 unspecified atom stereocenters. The van der Waals surface area contributed by atoms with E-state index in [9.17, 15) is 4.39 Å². The SMILES string of the molecule is CC(CN)CCN(C)Cc1cc(Br)ccc1F. The Morgan fingerprint density at radius 2 is 2.18 bits per heavy atom. The lowest BCUT2D eigenvalue weighted by Gasteiger charge is -2.19. The summed E-state index contributed by atoms with van der Waals surface area (Å²) in [5.41, 5.74) is 6.29. The number of nitrogens with zero attached hydrogens (tertiary/aromatic N) is 1. The summed E-state index contributed by atoms with van der Waals surface area (Å²) in [6.07, 6.45) is 1.04. The molecule has 1 rings (SSSR count). The van der Waals surface area contributed by atoms with Crippen LogP contribution in [0.4, 0.5) is 4.39 Å². The second kappa shape index (κ2) is 7.09. The molecule has 0 amide bonds. The minimum Gasteiger partial charge on any atom is -0.330 e. The Bertz CT molecular complexity index is 357. The standard InChI is InChI=1S/C13H20BrFN2/c1-10(8-16)5-6-17(2)9-11-7-12(14)3-4-13(11)15/h3-4,7,10H,5-6,8-9,16H2,1-2H3. The highest BCUT2D eigenvalue weighted by Crippen LogP contribution is 2.17. The molecule has 17 heavy (non-hydrogen) atoms. The topological polar surface area (TPSA) is 29.3 Å². The van der Waals surface area contributed by atoms with Crippen molar-refractivity contribution in [3.63, 3.8) is 0 Å². The predicted molar refractivity (Wildman–Crippen MR) is 73.3 cm³/mol. The number of halogens is 2. The summed E-state index contributed by atoms with van der Waals surface area (Å²) in [6.45, 7) is 4.40. The maximum Gasteiger partial charge on any atom is 0.127 e. The van der Waals surface area contributed by atoms with Crippen LogP contribution in [0.1, 0.15) is 18.9 Å². The van der Waals surface area contributed by atoms with Gasteiger partial charge in [0, 0.05) is 16.6 Å². The summed E-state index contributed by atoms with van der Waals surface area (Å²) in [6, 6.07) is 5.04. The maximum absolute atomic E-state index is 13.5. The summed E-state index contributed by atoms with van der Waals surface area (Å²) in [5, 5.41) is 0. The third kappa shape index (κ3) is 5.15. The zero-order chi connectivity index (χ0) is 12.8. The quantitative estimate of drug-likeness (QED) is 0.875. The zero-order valence-corrected chi connectivity index (χ0v) is 12.0. The highest BCUT2D eigenvalue weighted by atomic mass is 79.9. The van der Waals surface area contributed by atoms with Crippen LogP contribution in [-0.2, 0) is 6.54 Å². The van der Waals surface area contributed by atoms with Crippen molar-refractivity contribution in [3.05, 3.63) is 34.1 Å². The first kappa shape index (κ1) is 14.6. The van der Waals surface area contributed by atoms with Crippen LogP contribution in [0.5, 0.6) is 0 Å². The summed E-state index contributed by atoms with van der Waals surface area (Å²) >= 11 is 3.36. The van der Waals surface area contributed by atoms with E-state index in [1.807, 2.05) is 13.1 Å². The largest absolute Gasteiger partial charge is 0.330 e. The van der Waals surface area contributed by atoms with Gasteiger partial charge in [0.25, 0.3) is 0 Å². The van der Waals surface area contributed by atoms with Crippen molar-refractivity contribution in [1.82, 2.24) is 4.90 Å². The van der Waals surface area contributed by atoms with Crippen molar-refractivity contribution in [2.75, 3.05) is 20.1 Å². The summed E-state index contributed by atoms with van der Waals surface area (Å²) in [4.78, 5) is 2.12. The number of hydrogen-bond donors (Lipinski definition) is 1. The van der Waals surface area contributed by atoms with Crippen molar-refractivity contribution in [2.24, 2.45) is 11.7 Å². The average Bonchev–Trinajstić information content (AvgIpc) is 2.30. The molecule has 0 radical (unpaired) electrons. The van der Waals surface area contributed by atoms with Crippen LogP contribution in [0.2, 0.25) is 0 Å². The van der Waals surface area contributed by atoms with Gasteiger partial charge < -0.3 is 10.6 Å². The van der Waals surface area contributed by atoms with Crippen LogP contribution >= 0.6 is 15.9 Å². The van der Waals surface area contributed by atoms with Crippen molar-refractivity contribution in [3.8, 4) is 0 Å². The first-order valence-electron chi connectivity index (χ1n) is 5.85. The van der Waals surface area contributed by atoms with Crippen molar-refractivity contribution < 1.29 is 4.39 Å². The maximum atomic E-state index is 13.5. The van der Waals surface area contributed by atoms with E-state index in [-0.39, 0.29) is 5.82 Å². The number of nitrogens with two attached hydrogens (primary N) is 1. The Labute approximate surface area is 111 Å². The van der Waals surface area contributed by atoms with E-state index < -0.39 is 0 Å². The smallest absolute Gasteiger partial charge is 0.127 e. The van der Waals surface area contributed by atoms with Gasteiger partial charge in [-0.25, -0.2) is 4.39 Å². The molecule has 0 aliphatic heterocycles. The fraction of sp³-hybridized carbons (Fsp3) is 0.538. The molecule has 1 aromatic carbocycles. The molecule has 1 aromatic rings. The molecule has 96 valence electrons. The second-order valence-corrected chi connectivity index (χ2v) is 5.52. The summed E-state index contributed by atoms with van der Waals surface area (Å²) < 4.78 is 14.4. The van der Waals surface area contributed by atoms with E-state index in [2.05, 4.69) is 27.8 Å². The molecule has 1 atom stereocenters. The van der Waals surface area contributed by atoms with Crippen LogP contribution < -0.4 is 5.73 Å². The molecule has 2 N–H and O–H groups in total. The lowest BCUT2D eigenvalue weighted by molar-refractivity contribution is 0.296. The van der Waals surface area contributed by atoms with Crippen molar-refractivity contribution >= 4 is 15.9 Å². The lowest BCUT2D eigenvalue weighted by Crippen LogP contribution is -2.23. The van der Waals surface area contributed by atoms with Gasteiger partial charge in [-0.15, -0.1) is 0 Å². The van der Waals surface area contributed by atoms with Gasteiger partial charge in [0.2, 0.25) is 0 Å². The van der Waals surface area contributed by atoms with Crippen LogP contribution in [0.25, 0.3) is 0 Å². The van der Waals surface area contributed by atoms with E-state index >= 15 is 0 Å². The van der Waals surface area contributed by atoms with Gasteiger partial charge in [-0.05, 0) is 50.7 Å². The minimum atomic E-state index is -0.146. The predicted octanol–water partition coefficient (Wildman–Crippen LogP) is 3.00. The molecule has 0 spiro atoms. The molecule has 0 aromatic heterocycles. The van der Waals surface area contributed by atoms with E-state index in [0.29, 0.717) is 19.0 Å². The van der Waals surface area contributed by atoms with Crippen molar-refractivity contribution in [2.45, 2.75) is 19.9 Å². The number of hydrogen-bond acceptors (Lipinski definition) is 2. The highest BCUT2D eigenvalue weighted by Gasteiger charge is 2.07. The fourth-order valence-electron chi connectivity index (χ4n) is 1.59. The van der Waals surface area contributed by atoms with Crippen LogP contribution in [0, 0.1) is 11.7 Å². The average molecular weight is 303 g/mol. The Balaban J connectivity index is 2.50. The number of benzene rings is 1.